The quantitative estimate of drug-likeness (QED) is 0.583. The molecule has 0 aromatic heterocycles. The second-order valence-corrected chi connectivity index (χ2v) is 6.02. The molecule has 0 saturated carbocycles. The maximum atomic E-state index is 10.3. The van der Waals surface area contributed by atoms with Crippen molar-refractivity contribution < 1.29 is 10.2 Å². The number of hydrogen-bond acceptors (Lipinski definition) is 2. The summed E-state index contributed by atoms with van der Waals surface area (Å²) in [5.41, 5.74) is 3.10. The molecule has 0 aliphatic heterocycles. The van der Waals surface area contributed by atoms with Crippen LogP contribution in [-0.4, -0.2) is 10.2 Å². The lowest BCUT2D eigenvalue weighted by Crippen LogP contribution is -2.03. The van der Waals surface area contributed by atoms with Crippen LogP contribution in [0.1, 0.15) is 69.4 Å². The van der Waals surface area contributed by atoms with Crippen LogP contribution in [0.2, 0.25) is 0 Å². The Labute approximate surface area is 122 Å². The largest absolute Gasteiger partial charge is 0.507 e. The smallest absolute Gasteiger partial charge is 0.123 e. The van der Waals surface area contributed by atoms with E-state index >= 15 is 0 Å². The molecule has 0 amide bonds. The Morgan fingerprint density at radius 3 is 2.45 bits per heavy atom. The highest BCUT2D eigenvalue weighted by Gasteiger charge is 2.21. The summed E-state index contributed by atoms with van der Waals surface area (Å²) in [6.45, 7) is 4.30. The van der Waals surface area contributed by atoms with Gasteiger partial charge in [0.05, 0.1) is 0 Å². The second-order valence-electron chi connectivity index (χ2n) is 6.02. The minimum atomic E-state index is 0.161. The van der Waals surface area contributed by atoms with Gasteiger partial charge in [0.25, 0.3) is 0 Å². The average molecular weight is 274 g/mol. The van der Waals surface area contributed by atoms with Crippen LogP contribution in [-0.2, 0) is 6.42 Å². The molecule has 0 spiro atoms. The van der Waals surface area contributed by atoms with Crippen LogP contribution < -0.4 is 0 Å². The van der Waals surface area contributed by atoms with Crippen molar-refractivity contribution in [3.05, 3.63) is 34.9 Å². The molecule has 2 nitrogen and oxygen atoms in total. The molecular formula is C18H26O2. The van der Waals surface area contributed by atoms with Crippen LogP contribution in [0.25, 0.3) is 0 Å². The van der Waals surface area contributed by atoms with Gasteiger partial charge in [0.2, 0.25) is 0 Å². The summed E-state index contributed by atoms with van der Waals surface area (Å²) >= 11 is 0. The van der Waals surface area contributed by atoms with E-state index in [2.05, 4.69) is 19.9 Å². The molecule has 0 radical (unpaired) electrons. The number of aromatic hydroxyl groups is 2. The summed E-state index contributed by atoms with van der Waals surface area (Å²) in [4.78, 5) is 0. The Morgan fingerprint density at radius 2 is 1.85 bits per heavy atom. The minimum absolute atomic E-state index is 0.161. The van der Waals surface area contributed by atoms with Crippen LogP contribution in [0.5, 0.6) is 11.5 Å². The minimum Gasteiger partial charge on any atom is -0.507 e. The Morgan fingerprint density at radius 1 is 1.15 bits per heavy atom. The zero-order valence-corrected chi connectivity index (χ0v) is 12.7. The van der Waals surface area contributed by atoms with E-state index < -0.39 is 0 Å². The van der Waals surface area contributed by atoms with Gasteiger partial charge in [-0.25, -0.2) is 0 Å². The number of aryl methyl sites for hydroxylation is 1. The van der Waals surface area contributed by atoms with E-state index in [4.69, 9.17) is 0 Å². The third kappa shape index (κ3) is 3.56. The first-order valence-electron chi connectivity index (χ1n) is 7.84. The van der Waals surface area contributed by atoms with Crippen LogP contribution in [0.4, 0.5) is 0 Å². The van der Waals surface area contributed by atoms with Crippen LogP contribution in [0.3, 0.4) is 0 Å². The Kier molecular flexibility index (Phi) is 5.11. The fourth-order valence-corrected chi connectivity index (χ4v) is 3.12. The summed E-state index contributed by atoms with van der Waals surface area (Å²) in [7, 11) is 0. The van der Waals surface area contributed by atoms with E-state index in [1.54, 1.807) is 0 Å². The zero-order valence-electron chi connectivity index (χ0n) is 12.7. The van der Waals surface area contributed by atoms with Gasteiger partial charge in [-0.15, -0.1) is 0 Å². The molecule has 0 heterocycles. The lowest BCUT2D eigenvalue weighted by atomic mass is 9.84. The summed E-state index contributed by atoms with van der Waals surface area (Å²) in [6.07, 6.45) is 9.86. The normalized spacial score (nSPS) is 18.9. The monoisotopic (exact) mass is 274 g/mol. The van der Waals surface area contributed by atoms with Gasteiger partial charge in [-0.1, -0.05) is 31.4 Å². The van der Waals surface area contributed by atoms with Crippen molar-refractivity contribution >= 4 is 0 Å². The Hall–Kier alpha value is -1.44. The summed E-state index contributed by atoms with van der Waals surface area (Å²) < 4.78 is 0. The van der Waals surface area contributed by atoms with Crippen molar-refractivity contribution in [2.75, 3.05) is 0 Å². The molecule has 2 heteroatoms. The van der Waals surface area contributed by atoms with Gasteiger partial charge in [0, 0.05) is 11.5 Å². The molecule has 1 aromatic carbocycles. The summed E-state index contributed by atoms with van der Waals surface area (Å²) in [6, 6.07) is 3.67. The van der Waals surface area contributed by atoms with Gasteiger partial charge in [0.15, 0.2) is 0 Å². The highest BCUT2D eigenvalue weighted by molar-refractivity contribution is 5.50. The third-order valence-corrected chi connectivity index (χ3v) is 4.21. The van der Waals surface area contributed by atoms with E-state index in [1.165, 1.54) is 18.4 Å². The lowest BCUT2D eigenvalue weighted by molar-refractivity contribution is 0.427. The molecule has 1 aromatic rings. The van der Waals surface area contributed by atoms with Crippen molar-refractivity contribution in [3.8, 4) is 11.5 Å². The number of benzene rings is 1. The first kappa shape index (κ1) is 15.0. The highest BCUT2D eigenvalue weighted by atomic mass is 16.3. The Balaban J connectivity index is 2.20. The van der Waals surface area contributed by atoms with Crippen molar-refractivity contribution in [1.82, 2.24) is 0 Å². The molecule has 1 aliphatic rings. The number of hydrogen-bond donors (Lipinski definition) is 2. The van der Waals surface area contributed by atoms with Crippen molar-refractivity contribution in [3.63, 3.8) is 0 Å². The Bertz CT molecular complexity index is 465. The van der Waals surface area contributed by atoms with E-state index in [0.717, 1.165) is 37.7 Å². The van der Waals surface area contributed by atoms with E-state index in [9.17, 15) is 10.2 Å². The number of rotatable bonds is 5. The van der Waals surface area contributed by atoms with Gasteiger partial charge in [0.1, 0.15) is 11.5 Å². The third-order valence-electron chi connectivity index (χ3n) is 4.21. The topological polar surface area (TPSA) is 40.5 Å². The fourth-order valence-electron chi connectivity index (χ4n) is 3.12. The number of phenols is 2. The average Bonchev–Trinajstić information content (AvgIpc) is 2.38. The predicted octanol–water partition coefficient (Wildman–Crippen LogP) is 5.04. The summed E-state index contributed by atoms with van der Waals surface area (Å²) in [5.74, 6) is 0.674. The standard InChI is InChI=1S/C18H26O2/c1-3-4-5-8-14-11-16(19)18(17(20)12-14)15-9-6-7-13(2)10-15/h10-12,15,19-20H,3-9H2,1-2H3/t15-/m1/s1. The summed E-state index contributed by atoms with van der Waals surface area (Å²) in [5, 5.41) is 20.6. The van der Waals surface area contributed by atoms with Crippen molar-refractivity contribution in [2.45, 2.75) is 64.7 Å². The number of phenolic OH excluding ortho intramolecular Hbond substituents is 2. The lowest BCUT2D eigenvalue weighted by Gasteiger charge is -2.22. The maximum absolute atomic E-state index is 10.3. The molecule has 2 N–H and O–H groups in total. The molecule has 0 bridgehead atoms. The van der Waals surface area contributed by atoms with Crippen molar-refractivity contribution in [2.24, 2.45) is 0 Å². The first-order valence-corrected chi connectivity index (χ1v) is 7.84. The molecule has 2 rings (SSSR count). The van der Waals surface area contributed by atoms with Gasteiger partial charge in [-0.05, 0) is 56.7 Å². The van der Waals surface area contributed by atoms with Crippen molar-refractivity contribution in [1.29, 1.82) is 0 Å². The zero-order chi connectivity index (χ0) is 14.5. The highest BCUT2D eigenvalue weighted by Crippen LogP contribution is 2.41. The predicted molar refractivity (Wildman–Crippen MR) is 83.3 cm³/mol. The molecular weight excluding hydrogens is 248 g/mol. The molecule has 110 valence electrons. The number of unbranched alkanes of at least 4 members (excludes halogenated alkanes) is 2. The second kappa shape index (κ2) is 6.83. The molecule has 20 heavy (non-hydrogen) atoms. The molecule has 0 saturated heterocycles. The molecule has 0 unspecified atom stereocenters. The van der Waals surface area contributed by atoms with Gasteiger partial charge >= 0.3 is 0 Å². The van der Waals surface area contributed by atoms with Crippen LogP contribution >= 0.6 is 0 Å². The van der Waals surface area contributed by atoms with E-state index in [1.807, 2.05) is 12.1 Å². The van der Waals surface area contributed by atoms with Crippen LogP contribution in [0, 0.1) is 0 Å². The SMILES string of the molecule is CCCCCc1cc(O)c([C@H]2C=C(C)CCC2)c(O)c1. The van der Waals surface area contributed by atoms with Gasteiger partial charge in [-0.3, -0.25) is 0 Å². The molecule has 0 fully saturated rings. The van der Waals surface area contributed by atoms with Gasteiger partial charge < -0.3 is 10.2 Å². The van der Waals surface area contributed by atoms with E-state index in [0.29, 0.717) is 5.56 Å². The number of allylic oxidation sites excluding steroid dienone is 2. The van der Waals surface area contributed by atoms with Gasteiger partial charge in [-0.2, -0.15) is 0 Å². The molecule has 1 aliphatic carbocycles. The fraction of sp³-hybridized carbons (Fsp3) is 0.556. The van der Waals surface area contributed by atoms with E-state index in [-0.39, 0.29) is 17.4 Å². The van der Waals surface area contributed by atoms with Crippen LogP contribution in [0.15, 0.2) is 23.8 Å². The first-order chi connectivity index (χ1) is 9.61. The maximum Gasteiger partial charge on any atom is 0.123 e. The molecule has 1 atom stereocenters.